The van der Waals surface area contributed by atoms with Crippen molar-refractivity contribution in [1.29, 1.82) is 0 Å². The van der Waals surface area contributed by atoms with Gasteiger partial charge in [-0.3, -0.25) is 4.79 Å². The highest BCUT2D eigenvalue weighted by molar-refractivity contribution is 9.12. The van der Waals surface area contributed by atoms with Crippen LogP contribution in [0.15, 0.2) is 22.2 Å². The summed E-state index contributed by atoms with van der Waals surface area (Å²) in [7, 11) is 0. The van der Waals surface area contributed by atoms with Crippen LogP contribution >= 0.6 is 15.9 Å². The molecule has 0 amide bonds. The van der Waals surface area contributed by atoms with Gasteiger partial charge in [0.05, 0.1) is 5.92 Å². The third-order valence-corrected chi connectivity index (χ3v) is 3.76. The molecule has 1 aliphatic carbocycles. The van der Waals surface area contributed by atoms with Gasteiger partial charge < -0.3 is 5.11 Å². The molecule has 2 nitrogen and oxygen atoms in total. The molecule has 15 heavy (non-hydrogen) atoms. The predicted octanol–water partition coefficient (Wildman–Crippen LogP) is 3.73. The second kappa shape index (κ2) is 5.50. The van der Waals surface area contributed by atoms with E-state index in [1.54, 1.807) is 6.92 Å². The van der Waals surface area contributed by atoms with Crippen molar-refractivity contribution in [1.82, 2.24) is 0 Å². The Morgan fingerprint density at radius 3 is 2.80 bits per heavy atom. The molecule has 0 heterocycles. The van der Waals surface area contributed by atoms with E-state index in [1.165, 1.54) is 5.57 Å². The van der Waals surface area contributed by atoms with Crippen LogP contribution in [-0.4, -0.2) is 11.1 Å². The maximum Gasteiger partial charge on any atom is 0.306 e. The summed E-state index contributed by atoms with van der Waals surface area (Å²) >= 11 is 3.51. The maximum absolute atomic E-state index is 10.8. The second-order valence-corrected chi connectivity index (χ2v) is 4.98. The third-order valence-electron chi connectivity index (χ3n) is 2.92. The van der Waals surface area contributed by atoms with E-state index in [0.29, 0.717) is 0 Å². The topological polar surface area (TPSA) is 37.3 Å². The van der Waals surface area contributed by atoms with Gasteiger partial charge in [0.15, 0.2) is 0 Å². The van der Waals surface area contributed by atoms with Crippen LogP contribution in [0, 0.1) is 11.8 Å². The van der Waals surface area contributed by atoms with E-state index in [2.05, 4.69) is 28.1 Å². The molecule has 84 valence electrons. The van der Waals surface area contributed by atoms with Crippen LogP contribution in [0.3, 0.4) is 0 Å². The molecule has 0 aromatic rings. The number of hydrogen-bond donors (Lipinski definition) is 1. The third kappa shape index (κ3) is 3.49. The number of allylic oxidation sites excluding steroid dienone is 4. The van der Waals surface area contributed by atoms with Crippen LogP contribution in [0.4, 0.5) is 0 Å². The van der Waals surface area contributed by atoms with Crippen molar-refractivity contribution in [2.75, 3.05) is 0 Å². The van der Waals surface area contributed by atoms with Gasteiger partial charge in [-0.15, -0.1) is 0 Å². The molecular formula is C12H17BrO2. The first-order chi connectivity index (χ1) is 7.02. The number of carboxylic acids is 1. The van der Waals surface area contributed by atoms with Gasteiger partial charge in [-0.05, 0) is 30.8 Å². The van der Waals surface area contributed by atoms with Gasteiger partial charge in [-0.2, -0.15) is 0 Å². The summed E-state index contributed by atoms with van der Waals surface area (Å²) in [5.74, 6) is -0.966. The lowest BCUT2D eigenvalue weighted by atomic mass is 9.91. The average Bonchev–Trinajstić information content (AvgIpc) is 2.20. The highest BCUT2D eigenvalue weighted by Crippen LogP contribution is 2.30. The number of halogens is 1. The molecular weight excluding hydrogens is 256 g/mol. The number of carboxylic acid groups (broad SMARTS) is 1. The summed E-state index contributed by atoms with van der Waals surface area (Å²) in [5, 5.41) is 8.89. The summed E-state index contributed by atoms with van der Waals surface area (Å²) in [6, 6.07) is 0. The Kier molecular flexibility index (Phi) is 4.58. The molecule has 0 aromatic heterocycles. The SMILES string of the molecule is C[C@@H](/C=C1/CCCC=C1Br)[C@@H](C)C(=O)O. The van der Waals surface area contributed by atoms with Gasteiger partial charge in [0, 0.05) is 4.48 Å². The highest BCUT2D eigenvalue weighted by Gasteiger charge is 2.18. The molecule has 0 fully saturated rings. The minimum Gasteiger partial charge on any atom is -0.481 e. The number of rotatable bonds is 3. The zero-order chi connectivity index (χ0) is 11.4. The molecule has 2 atom stereocenters. The molecule has 0 saturated heterocycles. The van der Waals surface area contributed by atoms with Crippen molar-refractivity contribution >= 4 is 21.9 Å². The van der Waals surface area contributed by atoms with Crippen LogP contribution < -0.4 is 0 Å². The molecule has 0 bridgehead atoms. The summed E-state index contributed by atoms with van der Waals surface area (Å²) < 4.78 is 1.14. The molecule has 0 aromatic carbocycles. The van der Waals surface area contributed by atoms with Gasteiger partial charge in [-0.1, -0.05) is 41.9 Å². The molecule has 3 heteroatoms. The van der Waals surface area contributed by atoms with Gasteiger partial charge in [-0.25, -0.2) is 0 Å². The monoisotopic (exact) mass is 272 g/mol. The Balaban J connectivity index is 2.73. The highest BCUT2D eigenvalue weighted by atomic mass is 79.9. The van der Waals surface area contributed by atoms with E-state index < -0.39 is 5.97 Å². The fourth-order valence-electron chi connectivity index (χ4n) is 1.62. The van der Waals surface area contributed by atoms with E-state index in [0.717, 1.165) is 23.7 Å². The fourth-order valence-corrected chi connectivity index (χ4v) is 2.18. The lowest BCUT2D eigenvalue weighted by Crippen LogP contribution is -2.17. The summed E-state index contributed by atoms with van der Waals surface area (Å²) in [6.45, 7) is 3.71. The number of carbonyl (C=O) groups is 1. The lowest BCUT2D eigenvalue weighted by Gasteiger charge is -2.17. The quantitative estimate of drug-likeness (QED) is 0.850. The van der Waals surface area contributed by atoms with E-state index >= 15 is 0 Å². The zero-order valence-electron chi connectivity index (χ0n) is 9.16. The van der Waals surface area contributed by atoms with Crippen molar-refractivity contribution in [3.05, 3.63) is 22.2 Å². The van der Waals surface area contributed by atoms with Crippen molar-refractivity contribution in [2.24, 2.45) is 11.8 Å². The van der Waals surface area contributed by atoms with E-state index in [4.69, 9.17) is 5.11 Å². The number of aliphatic carboxylic acids is 1. The van der Waals surface area contributed by atoms with Gasteiger partial charge >= 0.3 is 5.97 Å². The van der Waals surface area contributed by atoms with E-state index in [-0.39, 0.29) is 11.8 Å². The smallest absolute Gasteiger partial charge is 0.306 e. The summed E-state index contributed by atoms with van der Waals surface area (Å²) in [4.78, 5) is 10.8. The molecule has 0 saturated carbocycles. The Labute approximate surface area is 99.2 Å². The van der Waals surface area contributed by atoms with Crippen molar-refractivity contribution in [3.63, 3.8) is 0 Å². The number of hydrogen-bond acceptors (Lipinski definition) is 1. The lowest BCUT2D eigenvalue weighted by molar-refractivity contribution is -0.142. The Morgan fingerprint density at radius 2 is 2.27 bits per heavy atom. The molecule has 0 spiro atoms. The maximum atomic E-state index is 10.8. The standard InChI is InChI=1S/C12H17BrO2/c1-8(9(2)12(14)15)7-10-5-3-4-6-11(10)13/h6-9H,3-5H2,1-2H3,(H,14,15)/b10-7-/t8-,9+/m0/s1. The normalized spacial score (nSPS) is 23.4. The molecule has 0 aliphatic heterocycles. The Hall–Kier alpha value is -0.570. The molecule has 0 radical (unpaired) electrons. The van der Waals surface area contributed by atoms with Crippen LogP contribution in [0.2, 0.25) is 0 Å². The molecule has 1 aliphatic rings. The predicted molar refractivity (Wildman–Crippen MR) is 64.9 cm³/mol. The van der Waals surface area contributed by atoms with Gasteiger partial charge in [0.25, 0.3) is 0 Å². The second-order valence-electron chi connectivity index (χ2n) is 4.12. The molecule has 1 rings (SSSR count). The minimum atomic E-state index is -0.727. The first-order valence-electron chi connectivity index (χ1n) is 5.32. The van der Waals surface area contributed by atoms with Gasteiger partial charge in [0.2, 0.25) is 0 Å². The van der Waals surface area contributed by atoms with Gasteiger partial charge in [0.1, 0.15) is 0 Å². The first-order valence-corrected chi connectivity index (χ1v) is 6.11. The van der Waals surface area contributed by atoms with Crippen molar-refractivity contribution < 1.29 is 9.90 Å². The van der Waals surface area contributed by atoms with Crippen LogP contribution in [0.5, 0.6) is 0 Å². The van der Waals surface area contributed by atoms with Crippen LogP contribution in [0.1, 0.15) is 33.1 Å². The Bertz CT molecular complexity index is 305. The largest absolute Gasteiger partial charge is 0.481 e. The average molecular weight is 273 g/mol. The van der Waals surface area contributed by atoms with E-state index in [9.17, 15) is 4.79 Å². The van der Waals surface area contributed by atoms with Crippen LogP contribution in [0.25, 0.3) is 0 Å². The van der Waals surface area contributed by atoms with E-state index in [1.807, 2.05) is 6.92 Å². The Morgan fingerprint density at radius 1 is 1.60 bits per heavy atom. The van der Waals surface area contributed by atoms with Crippen LogP contribution in [-0.2, 0) is 4.79 Å². The molecule has 1 N–H and O–H groups in total. The fraction of sp³-hybridized carbons (Fsp3) is 0.583. The first kappa shape index (κ1) is 12.5. The summed E-state index contributed by atoms with van der Waals surface area (Å²) in [6.07, 6.45) is 7.57. The van der Waals surface area contributed by atoms with Crippen molar-refractivity contribution in [3.8, 4) is 0 Å². The zero-order valence-corrected chi connectivity index (χ0v) is 10.8. The summed E-state index contributed by atoms with van der Waals surface area (Å²) in [5.41, 5.74) is 1.25. The molecule has 0 unspecified atom stereocenters. The minimum absolute atomic E-state index is 0.0801. The van der Waals surface area contributed by atoms with Crippen molar-refractivity contribution in [2.45, 2.75) is 33.1 Å².